The maximum Gasteiger partial charge on any atom is 0.239 e. The largest absolute Gasteiger partial charge is 0.376 e. The molecule has 2 heterocycles. The fraction of sp³-hybridized carbons (Fsp3) is 0.435. The van der Waals surface area contributed by atoms with Crippen molar-refractivity contribution in [1.82, 2.24) is 10.2 Å². The molecule has 5 nitrogen and oxygen atoms in total. The molecule has 2 aliphatic heterocycles. The number of nitrogens with one attached hydrogen (secondary N) is 2. The van der Waals surface area contributed by atoms with Gasteiger partial charge in [0.25, 0.3) is 0 Å². The van der Waals surface area contributed by atoms with E-state index in [2.05, 4.69) is 15.5 Å². The van der Waals surface area contributed by atoms with E-state index in [1.54, 1.807) is 18.2 Å². The fourth-order valence-electron chi connectivity index (χ4n) is 4.28. The molecule has 0 aliphatic carbocycles. The van der Waals surface area contributed by atoms with Gasteiger partial charge in [-0.15, -0.1) is 0 Å². The Morgan fingerprint density at radius 3 is 2.61 bits per heavy atom. The Balaban J connectivity index is 1.41. The van der Waals surface area contributed by atoms with E-state index >= 15 is 0 Å². The first-order chi connectivity index (χ1) is 14.9. The maximum atomic E-state index is 14.5. The van der Waals surface area contributed by atoms with Gasteiger partial charge in [-0.05, 0) is 62.2 Å². The molecule has 0 aromatic heterocycles. The van der Waals surface area contributed by atoms with Crippen molar-refractivity contribution < 1.29 is 9.18 Å². The van der Waals surface area contributed by atoms with Crippen molar-refractivity contribution in [1.29, 1.82) is 0 Å². The van der Waals surface area contributed by atoms with Crippen molar-refractivity contribution in [2.45, 2.75) is 31.8 Å². The van der Waals surface area contributed by atoms with Crippen LogP contribution in [0.1, 0.15) is 31.4 Å². The molecule has 0 spiro atoms. The number of hydrogen-bond donors (Lipinski definition) is 2. The third-order valence-electron chi connectivity index (χ3n) is 6.07. The van der Waals surface area contributed by atoms with Gasteiger partial charge in [-0.25, -0.2) is 4.39 Å². The van der Waals surface area contributed by atoms with Crippen LogP contribution in [-0.4, -0.2) is 49.6 Å². The Morgan fingerprint density at radius 2 is 1.94 bits per heavy atom. The van der Waals surface area contributed by atoms with E-state index in [0.717, 1.165) is 43.7 Å². The highest BCUT2D eigenvalue weighted by Gasteiger charge is 2.29. The summed E-state index contributed by atoms with van der Waals surface area (Å²) in [5.74, 6) is -0.117. The number of carbonyl (C=O) groups is 1. The van der Waals surface area contributed by atoms with Gasteiger partial charge in [0.2, 0.25) is 5.91 Å². The summed E-state index contributed by atoms with van der Waals surface area (Å²) in [5, 5.41) is 7.61. The molecule has 2 fully saturated rings. The fourth-order valence-corrected chi connectivity index (χ4v) is 4.86. The molecule has 1 unspecified atom stereocenters. The quantitative estimate of drug-likeness (QED) is 0.672. The lowest BCUT2D eigenvalue weighted by molar-refractivity contribution is -0.133. The minimum atomic E-state index is -0.318. The first kappa shape index (κ1) is 22.2. The molecule has 4 rings (SSSR count). The number of rotatable bonds is 5. The number of piperazine rings is 1. The smallest absolute Gasteiger partial charge is 0.239 e. The summed E-state index contributed by atoms with van der Waals surface area (Å²) >= 11 is 12.3. The zero-order chi connectivity index (χ0) is 22.0. The zero-order valence-electron chi connectivity index (χ0n) is 17.5. The summed E-state index contributed by atoms with van der Waals surface area (Å²) in [6.45, 7) is 5.65. The van der Waals surface area contributed by atoms with E-state index in [4.69, 9.17) is 23.2 Å². The Kier molecular flexibility index (Phi) is 6.89. The van der Waals surface area contributed by atoms with Crippen LogP contribution < -0.4 is 15.5 Å². The number of carbonyl (C=O) groups excluding carboxylic acids is 1. The third-order valence-corrected chi connectivity index (χ3v) is 6.63. The number of amides is 1. The second-order valence-corrected chi connectivity index (χ2v) is 9.00. The van der Waals surface area contributed by atoms with Crippen LogP contribution in [0.3, 0.4) is 0 Å². The molecule has 0 radical (unpaired) electrons. The van der Waals surface area contributed by atoms with Gasteiger partial charge in [0, 0.05) is 41.9 Å². The SMILES string of the molecule is CC(Nc1cc(N2CCN(C(=O)[C@H]3CCCN3)CC2)ccc1F)c1ccc(Cl)cc1Cl. The summed E-state index contributed by atoms with van der Waals surface area (Å²) < 4.78 is 14.5. The summed E-state index contributed by atoms with van der Waals surface area (Å²) in [6, 6.07) is 10.2. The van der Waals surface area contributed by atoms with Crippen LogP contribution in [0.15, 0.2) is 36.4 Å². The Bertz CT molecular complexity index is 943. The molecule has 0 bridgehead atoms. The average Bonchev–Trinajstić information content (AvgIpc) is 3.30. The molecule has 2 aromatic rings. The van der Waals surface area contributed by atoms with Crippen molar-refractivity contribution in [3.63, 3.8) is 0 Å². The van der Waals surface area contributed by atoms with E-state index in [0.29, 0.717) is 28.8 Å². The lowest BCUT2D eigenvalue weighted by Crippen LogP contribution is -2.53. The number of halogens is 3. The van der Waals surface area contributed by atoms with E-state index < -0.39 is 0 Å². The first-order valence-corrected chi connectivity index (χ1v) is 11.5. The number of anilines is 2. The minimum absolute atomic E-state index is 0.0330. The third kappa shape index (κ3) is 5.08. The van der Waals surface area contributed by atoms with Gasteiger partial charge in [-0.1, -0.05) is 29.3 Å². The van der Waals surface area contributed by atoms with Crippen LogP contribution in [0.25, 0.3) is 0 Å². The molecule has 1 amide bonds. The summed E-state index contributed by atoms with van der Waals surface area (Å²) in [7, 11) is 0. The van der Waals surface area contributed by atoms with E-state index in [9.17, 15) is 9.18 Å². The Morgan fingerprint density at radius 1 is 1.16 bits per heavy atom. The predicted octanol–water partition coefficient (Wildman–Crippen LogP) is 4.71. The van der Waals surface area contributed by atoms with Crippen molar-refractivity contribution in [3.8, 4) is 0 Å². The molecule has 2 N–H and O–H groups in total. The minimum Gasteiger partial charge on any atom is -0.376 e. The predicted molar refractivity (Wildman–Crippen MR) is 125 cm³/mol. The summed E-state index contributed by atoms with van der Waals surface area (Å²) in [4.78, 5) is 16.7. The Labute approximate surface area is 192 Å². The van der Waals surface area contributed by atoms with Crippen molar-refractivity contribution in [2.24, 2.45) is 0 Å². The van der Waals surface area contributed by atoms with E-state index in [1.165, 1.54) is 6.07 Å². The van der Waals surface area contributed by atoms with Crippen molar-refractivity contribution >= 4 is 40.5 Å². The summed E-state index contributed by atoms with van der Waals surface area (Å²) in [6.07, 6.45) is 1.98. The van der Waals surface area contributed by atoms with Gasteiger partial charge in [-0.2, -0.15) is 0 Å². The average molecular weight is 465 g/mol. The van der Waals surface area contributed by atoms with Crippen molar-refractivity contribution in [3.05, 3.63) is 57.8 Å². The molecule has 2 saturated heterocycles. The molecule has 2 aromatic carbocycles. The van der Waals surface area contributed by atoms with Gasteiger partial charge in [0.15, 0.2) is 0 Å². The van der Waals surface area contributed by atoms with Crippen LogP contribution in [0.4, 0.5) is 15.8 Å². The highest BCUT2D eigenvalue weighted by molar-refractivity contribution is 6.35. The van der Waals surface area contributed by atoms with Gasteiger partial charge in [-0.3, -0.25) is 4.79 Å². The van der Waals surface area contributed by atoms with Gasteiger partial charge in [0.1, 0.15) is 5.82 Å². The normalized spacial score (nSPS) is 20.1. The van der Waals surface area contributed by atoms with E-state index in [1.807, 2.05) is 24.0 Å². The van der Waals surface area contributed by atoms with Crippen LogP contribution in [-0.2, 0) is 4.79 Å². The van der Waals surface area contributed by atoms with Gasteiger partial charge < -0.3 is 20.4 Å². The van der Waals surface area contributed by atoms with Crippen molar-refractivity contribution in [2.75, 3.05) is 42.9 Å². The molecule has 31 heavy (non-hydrogen) atoms. The topological polar surface area (TPSA) is 47.6 Å². The molecule has 2 atom stereocenters. The van der Waals surface area contributed by atoms with Crippen LogP contribution in [0.2, 0.25) is 10.0 Å². The standard InChI is InChI=1S/C23H27Cl2FN4O/c1-15(18-6-4-16(24)13-19(18)25)28-22-14-17(5-7-20(22)26)29-9-11-30(12-10-29)23(31)21-3-2-8-27-21/h4-7,13-15,21,27-28H,2-3,8-12H2,1H3/t15?,21-/m1/s1. The molecule has 0 saturated carbocycles. The summed E-state index contributed by atoms with van der Waals surface area (Å²) in [5.41, 5.74) is 2.21. The van der Waals surface area contributed by atoms with E-state index in [-0.39, 0.29) is 23.8 Å². The maximum absolute atomic E-state index is 14.5. The van der Waals surface area contributed by atoms with Gasteiger partial charge >= 0.3 is 0 Å². The molecular formula is C23H27Cl2FN4O. The second kappa shape index (κ2) is 9.63. The number of benzene rings is 2. The number of nitrogens with zero attached hydrogens (tertiary/aromatic N) is 2. The second-order valence-electron chi connectivity index (χ2n) is 8.16. The highest BCUT2D eigenvalue weighted by atomic mass is 35.5. The Hall–Kier alpha value is -2.02. The lowest BCUT2D eigenvalue weighted by Gasteiger charge is -2.37. The first-order valence-electron chi connectivity index (χ1n) is 10.7. The number of hydrogen-bond acceptors (Lipinski definition) is 4. The van der Waals surface area contributed by atoms with Crippen LogP contribution in [0.5, 0.6) is 0 Å². The van der Waals surface area contributed by atoms with Crippen LogP contribution >= 0.6 is 23.2 Å². The molecule has 8 heteroatoms. The zero-order valence-corrected chi connectivity index (χ0v) is 19.0. The molecular weight excluding hydrogens is 438 g/mol. The lowest BCUT2D eigenvalue weighted by atomic mass is 10.1. The van der Waals surface area contributed by atoms with Gasteiger partial charge in [0.05, 0.1) is 17.8 Å². The molecule has 166 valence electrons. The highest BCUT2D eigenvalue weighted by Crippen LogP contribution is 2.31. The van der Waals surface area contributed by atoms with Crippen LogP contribution in [0, 0.1) is 5.82 Å². The molecule has 2 aliphatic rings. The monoisotopic (exact) mass is 464 g/mol.